The Morgan fingerprint density at radius 1 is 1.36 bits per heavy atom. The van der Waals surface area contributed by atoms with Crippen LogP contribution in [0.4, 0.5) is 0 Å². The summed E-state index contributed by atoms with van der Waals surface area (Å²) in [7, 11) is 0. The zero-order valence-corrected chi connectivity index (χ0v) is 10.1. The van der Waals surface area contributed by atoms with Gasteiger partial charge in [0, 0.05) is 31.1 Å². The minimum absolute atomic E-state index is 0.379. The molecule has 1 N–H and O–H groups in total. The minimum atomic E-state index is -0.870. The number of rotatable bonds is 2. The molecule has 0 bridgehead atoms. The molecule has 0 radical (unpaired) electrons. The molecule has 2 heterocycles. The van der Waals surface area contributed by atoms with Crippen molar-refractivity contribution in [3.05, 3.63) is 32.2 Å². The van der Waals surface area contributed by atoms with E-state index in [0.29, 0.717) is 5.56 Å². The second-order valence-electron chi connectivity index (χ2n) is 2.63. The number of thiophene rings is 2. The van der Waals surface area contributed by atoms with Crippen molar-refractivity contribution in [1.82, 2.24) is 0 Å². The minimum Gasteiger partial charge on any atom is -0.478 e. The van der Waals surface area contributed by atoms with Gasteiger partial charge in [-0.25, -0.2) is 4.79 Å². The van der Waals surface area contributed by atoms with Crippen LogP contribution in [0.5, 0.6) is 0 Å². The van der Waals surface area contributed by atoms with Crippen molar-refractivity contribution >= 4 is 44.6 Å². The molecule has 0 aliphatic heterocycles. The van der Waals surface area contributed by atoms with Gasteiger partial charge in [0.1, 0.15) is 0 Å². The van der Waals surface area contributed by atoms with E-state index in [9.17, 15) is 4.79 Å². The van der Waals surface area contributed by atoms with E-state index < -0.39 is 5.97 Å². The SMILES string of the molecule is O=C(O)c1cscc1-c1cc(Br)cs1. The molecule has 2 aromatic rings. The molecule has 0 aliphatic carbocycles. The van der Waals surface area contributed by atoms with Gasteiger partial charge in [0.25, 0.3) is 0 Å². The van der Waals surface area contributed by atoms with Crippen molar-refractivity contribution in [2.24, 2.45) is 0 Å². The lowest BCUT2D eigenvalue weighted by Crippen LogP contribution is -1.94. The predicted octanol–water partition coefficient (Wildman–Crippen LogP) is 3.94. The lowest BCUT2D eigenvalue weighted by atomic mass is 10.2. The summed E-state index contributed by atoms with van der Waals surface area (Å²) in [5.74, 6) is -0.870. The first-order valence-corrected chi connectivity index (χ1v) is 6.34. The number of hydrogen-bond donors (Lipinski definition) is 1. The van der Waals surface area contributed by atoms with Gasteiger partial charge in [-0.15, -0.1) is 11.3 Å². The molecule has 72 valence electrons. The second-order valence-corrected chi connectivity index (χ2v) is 5.20. The number of hydrogen-bond acceptors (Lipinski definition) is 3. The lowest BCUT2D eigenvalue weighted by molar-refractivity contribution is 0.0698. The first-order chi connectivity index (χ1) is 6.68. The summed E-state index contributed by atoms with van der Waals surface area (Å²) in [6, 6.07) is 1.93. The van der Waals surface area contributed by atoms with Gasteiger partial charge in [-0.05, 0) is 22.0 Å². The van der Waals surface area contributed by atoms with Crippen molar-refractivity contribution in [1.29, 1.82) is 0 Å². The first-order valence-electron chi connectivity index (χ1n) is 3.72. The van der Waals surface area contributed by atoms with Gasteiger partial charge in [-0.3, -0.25) is 0 Å². The van der Waals surface area contributed by atoms with Gasteiger partial charge in [0.15, 0.2) is 0 Å². The Hall–Kier alpha value is -0.650. The summed E-state index contributed by atoms with van der Waals surface area (Å²) in [4.78, 5) is 11.8. The van der Waals surface area contributed by atoms with Crippen molar-refractivity contribution in [2.75, 3.05) is 0 Å². The Kier molecular flexibility index (Phi) is 2.71. The maximum atomic E-state index is 10.9. The van der Waals surface area contributed by atoms with Crippen LogP contribution in [-0.4, -0.2) is 11.1 Å². The highest BCUT2D eigenvalue weighted by atomic mass is 79.9. The quantitative estimate of drug-likeness (QED) is 0.909. The predicted molar refractivity (Wildman–Crippen MR) is 62.3 cm³/mol. The molecular weight excluding hydrogens is 284 g/mol. The smallest absolute Gasteiger partial charge is 0.337 e. The molecule has 14 heavy (non-hydrogen) atoms. The Balaban J connectivity index is 2.51. The van der Waals surface area contributed by atoms with E-state index in [1.54, 1.807) is 5.38 Å². The fourth-order valence-electron chi connectivity index (χ4n) is 1.11. The number of carbonyl (C=O) groups is 1. The van der Waals surface area contributed by atoms with Gasteiger partial charge < -0.3 is 5.11 Å². The van der Waals surface area contributed by atoms with E-state index in [1.165, 1.54) is 22.7 Å². The standard InChI is InChI=1S/C9H5BrO2S2/c10-5-1-8(14-2-5)6-3-13-4-7(6)9(11)12/h1-4H,(H,11,12). The average Bonchev–Trinajstić information content (AvgIpc) is 2.70. The van der Waals surface area contributed by atoms with Crippen molar-refractivity contribution in [3.8, 4) is 10.4 Å². The van der Waals surface area contributed by atoms with E-state index in [4.69, 9.17) is 5.11 Å². The molecular formula is C9H5BrO2S2. The number of carboxylic acids is 1. The van der Waals surface area contributed by atoms with Crippen LogP contribution in [0.3, 0.4) is 0 Å². The summed E-state index contributed by atoms with van der Waals surface area (Å²) in [6.07, 6.45) is 0. The summed E-state index contributed by atoms with van der Waals surface area (Å²) in [5, 5.41) is 14.4. The molecule has 2 nitrogen and oxygen atoms in total. The van der Waals surface area contributed by atoms with Crippen molar-refractivity contribution in [3.63, 3.8) is 0 Å². The highest BCUT2D eigenvalue weighted by Crippen LogP contribution is 2.34. The molecule has 0 aliphatic rings. The van der Waals surface area contributed by atoms with Crippen LogP contribution in [0, 0.1) is 0 Å². The highest BCUT2D eigenvalue weighted by molar-refractivity contribution is 9.10. The monoisotopic (exact) mass is 288 g/mol. The molecule has 2 rings (SSSR count). The third kappa shape index (κ3) is 1.75. The van der Waals surface area contributed by atoms with Crippen molar-refractivity contribution in [2.45, 2.75) is 0 Å². The highest BCUT2D eigenvalue weighted by Gasteiger charge is 2.13. The Morgan fingerprint density at radius 2 is 2.14 bits per heavy atom. The first kappa shape index (κ1) is 9.89. The summed E-state index contributed by atoms with van der Waals surface area (Å²) < 4.78 is 0.986. The van der Waals surface area contributed by atoms with E-state index in [0.717, 1.165) is 14.9 Å². The van der Waals surface area contributed by atoms with Gasteiger partial charge in [0.05, 0.1) is 5.56 Å². The molecule has 0 amide bonds. The van der Waals surface area contributed by atoms with Gasteiger partial charge in [-0.1, -0.05) is 0 Å². The Bertz CT molecular complexity index is 473. The van der Waals surface area contributed by atoms with Crippen LogP contribution in [0.2, 0.25) is 0 Å². The normalized spacial score (nSPS) is 10.4. The molecule has 0 fully saturated rings. The number of aromatic carboxylic acids is 1. The zero-order valence-electron chi connectivity index (χ0n) is 6.86. The molecule has 0 saturated heterocycles. The molecule has 0 spiro atoms. The lowest BCUT2D eigenvalue weighted by Gasteiger charge is -1.94. The molecule has 0 atom stereocenters. The van der Waals surface area contributed by atoms with Gasteiger partial charge in [0.2, 0.25) is 0 Å². The summed E-state index contributed by atoms with van der Waals surface area (Å²) in [6.45, 7) is 0. The zero-order chi connectivity index (χ0) is 10.1. The third-order valence-corrected chi connectivity index (χ3v) is 4.19. The van der Waals surface area contributed by atoms with E-state index in [-0.39, 0.29) is 0 Å². The van der Waals surface area contributed by atoms with Crippen molar-refractivity contribution < 1.29 is 9.90 Å². The van der Waals surface area contributed by atoms with Crippen LogP contribution < -0.4 is 0 Å². The summed E-state index contributed by atoms with van der Waals surface area (Å²) in [5.41, 5.74) is 1.18. The third-order valence-electron chi connectivity index (χ3n) is 1.73. The largest absolute Gasteiger partial charge is 0.478 e. The van der Waals surface area contributed by atoms with E-state index in [1.807, 2.05) is 16.8 Å². The van der Waals surface area contributed by atoms with Crippen LogP contribution in [0.15, 0.2) is 26.7 Å². The van der Waals surface area contributed by atoms with E-state index in [2.05, 4.69) is 15.9 Å². The topological polar surface area (TPSA) is 37.3 Å². The number of halogens is 1. The molecule has 0 saturated carbocycles. The van der Waals surface area contributed by atoms with Gasteiger partial charge in [-0.2, -0.15) is 11.3 Å². The second kappa shape index (κ2) is 3.84. The fourth-order valence-corrected chi connectivity index (χ4v) is 3.46. The average molecular weight is 289 g/mol. The van der Waals surface area contributed by atoms with Crippen LogP contribution in [-0.2, 0) is 0 Å². The van der Waals surface area contributed by atoms with Crippen LogP contribution in [0.25, 0.3) is 10.4 Å². The van der Waals surface area contributed by atoms with Gasteiger partial charge >= 0.3 is 5.97 Å². The summed E-state index contributed by atoms with van der Waals surface area (Å²) >= 11 is 6.29. The molecule has 0 unspecified atom stereocenters. The Morgan fingerprint density at radius 3 is 2.71 bits per heavy atom. The molecule has 2 aromatic heterocycles. The maximum Gasteiger partial charge on any atom is 0.337 e. The maximum absolute atomic E-state index is 10.9. The van der Waals surface area contributed by atoms with Crippen LogP contribution >= 0.6 is 38.6 Å². The Labute approximate surface area is 97.0 Å². The number of carboxylic acid groups (broad SMARTS) is 1. The fraction of sp³-hybridized carbons (Fsp3) is 0. The molecule has 5 heteroatoms. The molecule has 0 aromatic carbocycles. The van der Waals surface area contributed by atoms with Crippen LogP contribution in [0.1, 0.15) is 10.4 Å². The van der Waals surface area contributed by atoms with E-state index >= 15 is 0 Å².